The van der Waals surface area contributed by atoms with E-state index in [9.17, 15) is 19.5 Å². The van der Waals surface area contributed by atoms with E-state index < -0.39 is 47.0 Å². The molecular weight excluding hydrogens is 312 g/mol. The topological polar surface area (TPSA) is 89.9 Å². The molecule has 2 heterocycles. The Morgan fingerprint density at radius 2 is 1.83 bits per heavy atom. The molecule has 0 amide bonds. The van der Waals surface area contributed by atoms with Crippen molar-refractivity contribution in [2.75, 3.05) is 0 Å². The Kier molecular flexibility index (Phi) is 2.83. The molecule has 0 aromatic carbocycles. The second-order valence-electron chi connectivity index (χ2n) is 7.77. The third kappa shape index (κ3) is 1.53. The van der Waals surface area contributed by atoms with E-state index >= 15 is 0 Å². The fourth-order valence-corrected chi connectivity index (χ4v) is 5.55. The number of ether oxygens (including phenoxy) is 2. The van der Waals surface area contributed by atoms with Crippen molar-refractivity contribution in [2.45, 2.75) is 45.5 Å². The van der Waals surface area contributed by atoms with Gasteiger partial charge in [-0.25, -0.2) is 4.79 Å². The zero-order valence-electron chi connectivity index (χ0n) is 14.0. The molecule has 2 aliphatic heterocycles. The average Bonchev–Trinajstić information content (AvgIpc) is 2.71. The van der Waals surface area contributed by atoms with E-state index in [-0.39, 0.29) is 11.7 Å². The maximum absolute atomic E-state index is 13.0. The summed E-state index contributed by atoms with van der Waals surface area (Å²) >= 11 is 0. The molecule has 0 unspecified atom stereocenters. The van der Waals surface area contributed by atoms with Gasteiger partial charge in [0.1, 0.15) is 11.7 Å². The van der Waals surface area contributed by atoms with Crippen molar-refractivity contribution in [3.63, 3.8) is 0 Å². The first-order valence-corrected chi connectivity index (χ1v) is 8.19. The summed E-state index contributed by atoms with van der Waals surface area (Å²) in [5.74, 6) is -2.84. The Morgan fingerprint density at radius 3 is 2.50 bits per heavy atom. The van der Waals surface area contributed by atoms with Crippen LogP contribution in [0.4, 0.5) is 0 Å². The van der Waals surface area contributed by atoms with Crippen LogP contribution in [0.25, 0.3) is 0 Å². The summed E-state index contributed by atoms with van der Waals surface area (Å²) in [5.41, 5.74) is -1.09. The van der Waals surface area contributed by atoms with Gasteiger partial charge in [0.05, 0.1) is 17.4 Å². The third-order valence-corrected chi connectivity index (χ3v) is 6.53. The number of hydrogen-bond donors (Lipinski definition) is 1. The highest BCUT2D eigenvalue weighted by molar-refractivity contribution is 6.02. The summed E-state index contributed by atoms with van der Waals surface area (Å²) in [6, 6.07) is 0. The molecule has 1 saturated carbocycles. The van der Waals surface area contributed by atoms with E-state index in [0.717, 1.165) is 0 Å². The van der Waals surface area contributed by atoms with Crippen LogP contribution in [0.3, 0.4) is 0 Å². The van der Waals surface area contributed by atoms with Crippen molar-refractivity contribution < 1.29 is 29.0 Å². The molecule has 6 nitrogen and oxygen atoms in total. The van der Waals surface area contributed by atoms with Crippen LogP contribution in [-0.4, -0.2) is 40.6 Å². The smallest absolute Gasteiger partial charge is 0.331 e. The van der Waals surface area contributed by atoms with Gasteiger partial charge in [0.2, 0.25) is 0 Å². The lowest BCUT2D eigenvalue weighted by atomic mass is 9.47. The largest absolute Gasteiger partial charge is 0.459 e. The van der Waals surface area contributed by atoms with Crippen LogP contribution < -0.4 is 0 Å². The third-order valence-electron chi connectivity index (χ3n) is 6.53. The number of aliphatic hydroxyl groups is 1. The van der Waals surface area contributed by atoms with Crippen LogP contribution in [0, 0.1) is 23.2 Å². The van der Waals surface area contributed by atoms with Crippen LogP contribution in [0.15, 0.2) is 23.3 Å². The highest BCUT2D eigenvalue weighted by Crippen LogP contribution is 2.62. The SMILES string of the molecule is CC1=CC(=O)O[C@@]2(C)C1=CC(=O)[C@]1(C)[C@H]2[C@@H](O)[C@@H]2OC(=O)[C@H]1[C@H]2C. The fourth-order valence-electron chi connectivity index (χ4n) is 5.55. The van der Waals surface area contributed by atoms with Crippen LogP contribution in [0.5, 0.6) is 0 Å². The molecule has 24 heavy (non-hydrogen) atoms. The summed E-state index contributed by atoms with van der Waals surface area (Å²) in [6.45, 7) is 6.96. The van der Waals surface area contributed by atoms with Crippen LogP contribution in [-0.2, 0) is 23.9 Å². The molecule has 2 fully saturated rings. The Morgan fingerprint density at radius 1 is 1.17 bits per heavy atom. The summed E-state index contributed by atoms with van der Waals surface area (Å²) < 4.78 is 11.0. The molecule has 1 N–H and O–H groups in total. The van der Waals surface area contributed by atoms with E-state index in [1.165, 1.54) is 12.2 Å². The van der Waals surface area contributed by atoms with E-state index in [1.807, 2.05) is 6.92 Å². The maximum atomic E-state index is 13.0. The van der Waals surface area contributed by atoms with Crippen LogP contribution in [0.1, 0.15) is 27.7 Å². The highest BCUT2D eigenvalue weighted by atomic mass is 16.6. The van der Waals surface area contributed by atoms with Crippen molar-refractivity contribution in [3.8, 4) is 0 Å². The van der Waals surface area contributed by atoms with Gasteiger partial charge in [-0.2, -0.15) is 0 Å². The minimum absolute atomic E-state index is 0.223. The predicted molar refractivity (Wildman–Crippen MR) is 81.5 cm³/mol. The second-order valence-corrected chi connectivity index (χ2v) is 7.77. The van der Waals surface area contributed by atoms with E-state index in [0.29, 0.717) is 11.1 Å². The molecule has 0 radical (unpaired) electrons. The Balaban J connectivity index is 1.99. The van der Waals surface area contributed by atoms with Gasteiger partial charge in [0.15, 0.2) is 5.78 Å². The van der Waals surface area contributed by atoms with Crippen molar-refractivity contribution >= 4 is 17.7 Å². The number of allylic oxidation sites excluding steroid dienone is 1. The predicted octanol–water partition coefficient (Wildman–Crippen LogP) is 0.932. The number of carbonyl (C=O) groups is 3. The summed E-state index contributed by atoms with van der Waals surface area (Å²) in [4.78, 5) is 37.4. The number of rotatable bonds is 0. The molecule has 0 spiro atoms. The lowest BCUT2D eigenvalue weighted by molar-refractivity contribution is -0.195. The summed E-state index contributed by atoms with van der Waals surface area (Å²) in [6.07, 6.45) is 1.05. The van der Waals surface area contributed by atoms with Gasteiger partial charge in [-0.15, -0.1) is 0 Å². The molecule has 7 atom stereocenters. The number of ketones is 1. The molecule has 4 rings (SSSR count). The van der Waals surface area contributed by atoms with E-state index in [4.69, 9.17) is 9.47 Å². The lowest BCUT2D eigenvalue weighted by Gasteiger charge is -2.57. The van der Waals surface area contributed by atoms with Gasteiger partial charge in [0, 0.05) is 23.5 Å². The lowest BCUT2D eigenvalue weighted by Crippen LogP contribution is -2.67. The molecule has 2 bridgehead atoms. The zero-order valence-corrected chi connectivity index (χ0v) is 14.0. The quantitative estimate of drug-likeness (QED) is 0.664. The van der Waals surface area contributed by atoms with E-state index in [1.54, 1.807) is 20.8 Å². The fraction of sp³-hybridized carbons (Fsp3) is 0.611. The Hall–Kier alpha value is -1.95. The molecule has 4 aliphatic rings. The van der Waals surface area contributed by atoms with Crippen LogP contribution >= 0.6 is 0 Å². The molecular formula is C18H20O6. The Bertz CT molecular complexity index is 749. The maximum Gasteiger partial charge on any atom is 0.331 e. The molecule has 128 valence electrons. The number of hydrogen-bond acceptors (Lipinski definition) is 6. The standard InChI is InChI=1S/C18H20O6/c1-7-5-11(20)24-18(4)9(7)6-10(19)17(3)12-8(2)14(23-16(12)22)13(21)15(17)18/h5-6,8,12-15,21H,1-4H3/t8-,12-,13+,14-,15-,17+,18+/m1/s1. The average molecular weight is 332 g/mol. The highest BCUT2D eigenvalue weighted by Gasteiger charge is 2.72. The van der Waals surface area contributed by atoms with Gasteiger partial charge >= 0.3 is 11.9 Å². The molecule has 0 aromatic heterocycles. The number of aliphatic hydroxyl groups excluding tert-OH is 1. The molecule has 2 aliphatic carbocycles. The minimum Gasteiger partial charge on any atom is -0.459 e. The van der Waals surface area contributed by atoms with Crippen molar-refractivity contribution in [1.82, 2.24) is 0 Å². The minimum atomic E-state index is -1.17. The van der Waals surface area contributed by atoms with Gasteiger partial charge in [-0.05, 0) is 25.5 Å². The first-order chi connectivity index (χ1) is 11.1. The summed E-state index contributed by atoms with van der Waals surface area (Å²) in [7, 11) is 0. The van der Waals surface area contributed by atoms with Crippen molar-refractivity contribution in [2.24, 2.45) is 23.2 Å². The molecule has 0 aromatic rings. The summed E-state index contributed by atoms with van der Waals surface area (Å²) in [5, 5.41) is 11.0. The van der Waals surface area contributed by atoms with Crippen molar-refractivity contribution in [1.29, 1.82) is 0 Å². The van der Waals surface area contributed by atoms with Gasteiger partial charge in [-0.1, -0.05) is 13.8 Å². The number of esters is 2. The molecule has 6 heteroatoms. The van der Waals surface area contributed by atoms with Crippen molar-refractivity contribution in [3.05, 3.63) is 23.3 Å². The van der Waals surface area contributed by atoms with Gasteiger partial charge in [-0.3, -0.25) is 9.59 Å². The second kappa shape index (κ2) is 4.36. The number of fused-ring (bicyclic) bond motifs is 6. The number of carbonyl (C=O) groups excluding carboxylic acids is 3. The molecule has 1 saturated heterocycles. The van der Waals surface area contributed by atoms with Crippen LogP contribution in [0.2, 0.25) is 0 Å². The zero-order chi connectivity index (χ0) is 17.6. The normalized spacial score (nSPS) is 49.5. The Labute approximate surface area is 139 Å². The monoisotopic (exact) mass is 332 g/mol. The van der Waals surface area contributed by atoms with Gasteiger partial charge < -0.3 is 14.6 Å². The first kappa shape index (κ1) is 15.6. The van der Waals surface area contributed by atoms with E-state index in [2.05, 4.69) is 0 Å². The van der Waals surface area contributed by atoms with Gasteiger partial charge in [0.25, 0.3) is 0 Å². The first-order valence-electron chi connectivity index (χ1n) is 8.19.